The molecule has 1 N–H and O–H groups in total. The number of carboxylic acid groups (broad SMARTS) is 1. The van der Waals surface area contributed by atoms with Crippen molar-refractivity contribution in [3.05, 3.63) is 39.9 Å². The number of nitrogens with zero attached hydrogens (tertiary/aromatic N) is 1. The van der Waals surface area contributed by atoms with Crippen molar-refractivity contribution < 1.29 is 14.8 Å². The van der Waals surface area contributed by atoms with Crippen molar-refractivity contribution >= 4 is 23.3 Å². The molecule has 0 aromatic heterocycles. The van der Waals surface area contributed by atoms with E-state index in [1.54, 1.807) is 6.07 Å². The molecule has 0 aliphatic carbocycles. The summed E-state index contributed by atoms with van der Waals surface area (Å²) in [5.74, 6) is -1.19. The monoisotopic (exact) mass is 229 g/mol. The zero-order chi connectivity index (χ0) is 11.4. The number of benzene rings is 1. The van der Waals surface area contributed by atoms with Crippen LogP contribution in [0.5, 0.6) is 0 Å². The lowest BCUT2D eigenvalue weighted by Gasteiger charge is -2.04. The average molecular weight is 230 g/mol. The lowest BCUT2D eigenvalue weighted by atomic mass is 10.1. The van der Waals surface area contributed by atoms with Gasteiger partial charge in [0, 0.05) is 18.1 Å². The minimum atomic E-state index is -1.19. The normalized spacial score (nSPS) is 12.1. The molecule has 0 heterocycles. The molecular weight excluding hydrogens is 222 g/mol. The highest BCUT2D eigenvalue weighted by Gasteiger charge is 2.20. The van der Waals surface area contributed by atoms with Crippen LogP contribution in [0.1, 0.15) is 5.56 Å². The van der Waals surface area contributed by atoms with E-state index < -0.39 is 16.3 Å². The van der Waals surface area contributed by atoms with E-state index in [0.717, 1.165) is 0 Å². The highest BCUT2D eigenvalue weighted by atomic mass is 35.5. The molecule has 1 atom stereocenters. The van der Waals surface area contributed by atoms with Gasteiger partial charge in [-0.05, 0) is 0 Å². The second-order valence-corrected chi connectivity index (χ2v) is 3.42. The molecule has 0 bridgehead atoms. The molecule has 0 saturated heterocycles. The Bertz CT molecular complexity index is 393. The number of carbonyl (C=O) groups is 1. The molecule has 0 amide bonds. The molecule has 0 aliphatic heterocycles. The summed E-state index contributed by atoms with van der Waals surface area (Å²) in [6.45, 7) is 0. The number of carboxylic acids is 1. The lowest BCUT2D eigenvalue weighted by Crippen LogP contribution is -2.16. The van der Waals surface area contributed by atoms with E-state index in [0.29, 0.717) is 5.56 Å². The van der Waals surface area contributed by atoms with Gasteiger partial charge in [-0.1, -0.05) is 18.2 Å². The Balaban J connectivity index is 2.94. The smallest absolute Gasteiger partial charge is 0.321 e. The number of halogens is 1. The Labute approximate surface area is 90.4 Å². The van der Waals surface area contributed by atoms with E-state index in [9.17, 15) is 14.9 Å². The first-order valence-electron chi connectivity index (χ1n) is 4.11. The van der Waals surface area contributed by atoms with Gasteiger partial charge in [-0.15, -0.1) is 11.6 Å². The fourth-order valence-corrected chi connectivity index (χ4v) is 1.31. The van der Waals surface area contributed by atoms with Gasteiger partial charge in [-0.3, -0.25) is 14.9 Å². The number of para-hydroxylation sites is 1. The molecule has 0 spiro atoms. The number of aliphatic carboxylic acids is 1. The maximum absolute atomic E-state index is 10.6. The Hall–Kier alpha value is -1.62. The number of nitro groups is 1. The van der Waals surface area contributed by atoms with E-state index in [1.807, 2.05) is 0 Å². The second-order valence-electron chi connectivity index (χ2n) is 2.90. The summed E-state index contributed by atoms with van der Waals surface area (Å²) in [6.07, 6.45) is -0.0615. The van der Waals surface area contributed by atoms with Gasteiger partial charge in [0.2, 0.25) is 0 Å². The Morgan fingerprint density at radius 1 is 1.53 bits per heavy atom. The molecule has 15 heavy (non-hydrogen) atoms. The number of alkyl halides is 1. The third-order valence-corrected chi connectivity index (χ3v) is 2.20. The number of hydrogen-bond acceptors (Lipinski definition) is 3. The maximum atomic E-state index is 10.6. The maximum Gasteiger partial charge on any atom is 0.321 e. The van der Waals surface area contributed by atoms with Crippen molar-refractivity contribution in [2.24, 2.45) is 0 Å². The highest BCUT2D eigenvalue weighted by Crippen LogP contribution is 2.20. The summed E-state index contributed by atoms with van der Waals surface area (Å²) in [5.41, 5.74) is 0.217. The van der Waals surface area contributed by atoms with Crippen LogP contribution in [-0.2, 0) is 11.2 Å². The zero-order valence-electron chi connectivity index (χ0n) is 7.59. The van der Waals surface area contributed by atoms with Gasteiger partial charge in [0.15, 0.2) is 0 Å². The fraction of sp³-hybridized carbons (Fsp3) is 0.222. The molecule has 0 saturated carbocycles. The van der Waals surface area contributed by atoms with Gasteiger partial charge in [0.25, 0.3) is 5.69 Å². The third-order valence-electron chi connectivity index (χ3n) is 1.86. The van der Waals surface area contributed by atoms with Crippen LogP contribution in [0, 0.1) is 10.1 Å². The SMILES string of the molecule is O=C(O)C(Cl)Cc1ccccc1[N+](=O)[O-]. The molecule has 1 aromatic rings. The molecule has 6 heteroatoms. The first kappa shape index (κ1) is 11.5. The minimum Gasteiger partial charge on any atom is -0.480 e. The standard InChI is InChI=1S/C9H8ClNO4/c10-7(9(12)13)5-6-3-1-2-4-8(6)11(14)15/h1-4,7H,5H2,(H,12,13). The van der Waals surface area contributed by atoms with Crippen LogP contribution in [0.15, 0.2) is 24.3 Å². The Morgan fingerprint density at radius 2 is 2.13 bits per heavy atom. The molecular formula is C9H8ClNO4. The molecule has 1 unspecified atom stereocenters. The second kappa shape index (κ2) is 4.75. The largest absolute Gasteiger partial charge is 0.480 e. The number of rotatable bonds is 4. The van der Waals surface area contributed by atoms with Crippen molar-refractivity contribution in [2.45, 2.75) is 11.8 Å². The topological polar surface area (TPSA) is 80.4 Å². The van der Waals surface area contributed by atoms with Crippen molar-refractivity contribution in [2.75, 3.05) is 0 Å². The Kier molecular flexibility index (Phi) is 3.62. The van der Waals surface area contributed by atoms with Gasteiger partial charge in [0.1, 0.15) is 5.38 Å². The summed E-state index contributed by atoms with van der Waals surface area (Å²) in [7, 11) is 0. The summed E-state index contributed by atoms with van der Waals surface area (Å²) in [6, 6.07) is 5.94. The summed E-state index contributed by atoms with van der Waals surface area (Å²) in [4.78, 5) is 20.5. The van der Waals surface area contributed by atoms with Crippen LogP contribution in [0.2, 0.25) is 0 Å². The molecule has 0 aliphatic rings. The van der Waals surface area contributed by atoms with Gasteiger partial charge >= 0.3 is 5.97 Å². The van der Waals surface area contributed by atoms with Crippen LogP contribution >= 0.6 is 11.6 Å². The first-order valence-corrected chi connectivity index (χ1v) is 4.55. The third kappa shape index (κ3) is 2.92. The Morgan fingerprint density at radius 3 is 2.67 bits per heavy atom. The first-order chi connectivity index (χ1) is 7.02. The van der Waals surface area contributed by atoms with E-state index in [2.05, 4.69) is 0 Å². The zero-order valence-corrected chi connectivity index (χ0v) is 8.35. The molecule has 5 nitrogen and oxygen atoms in total. The van der Waals surface area contributed by atoms with Gasteiger partial charge in [-0.25, -0.2) is 0 Å². The lowest BCUT2D eigenvalue weighted by molar-refractivity contribution is -0.385. The van der Waals surface area contributed by atoms with Crippen molar-refractivity contribution in [3.8, 4) is 0 Å². The predicted octanol–water partition coefficient (Wildman–Crippen LogP) is 1.83. The van der Waals surface area contributed by atoms with Gasteiger partial charge in [0.05, 0.1) is 4.92 Å². The molecule has 80 valence electrons. The molecule has 1 rings (SSSR count). The summed E-state index contributed by atoms with van der Waals surface area (Å²) in [5, 5.41) is 18.0. The van der Waals surface area contributed by atoms with Crippen molar-refractivity contribution in [1.29, 1.82) is 0 Å². The number of hydrogen-bond donors (Lipinski definition) is 1. The summed E-state index contributed by atoms with van der Waals surface area (Å²) < 4.78 is 0. The highest BCUT2D eigenvalue weighted by molar-refractivity contribution is 6.29. The summed E-state index contributed by atoms with van der Waals surface area (Å²) >= 11 is 5.50. The van der Waals surface area contributed by atoms with Crippen LogP contribution < -0.4 is 0 Å². The number of nitro benzene ring substituents is 1. The van der Waals surface area contributed by atoms with E-state index in [4.69, 9.17) is 16.7 Å². The average Bonchev–Trinajstić information content (AvgIpc) is 2.18. The van der Waals surface area contributed by atoms with Crippen LogP contribution in [0.25, 0.3) is 0 Å². The van der Waals surface area contributed by atoms with Crippen LogP contribution in [0.3, 0.4) is 0 Å². The van der Waals surface area contributed by atoms with Crippen LogP contribution in [0.4, 0.5) is 5.69 Å². The molecule has 0 fully saturated rings. The molecule has 0 radical (unpaired) electrons. The van der Waals surface area contributed by atoms with Crippen molar-refractivity contribution in [3.63, 3.8) is 0 Å². The van der Waals surface area contributed by atoms with E-state index in [-0.39, 0.29) is 12.1 Å². The van der Waals surface area contributed by atoms with Gasteiger partial charge in [-0.2, -0.15) is 0 Å². The van der Waals surface area contributed by atoms with Gasteiger partial charge < -0.3 is 5.11 Å². The minimum absolute atomic E-state index is 0.0615. The predicted molar refractivity (Wildman–Crippen MR) is 54.1 cm³/mol. The van der Waals surface area contributed by atoms with Crippen molar-refractivity contribution in [1.82, 2.24) is 0 Å². The van der Waals surface area contributed by atoms with Crippen LogP contribution in [-0.4, -0.2) is 21.4 Å². The fourth-order valence-electron chi connectivity index (χ4n) is 1.14. The van der Waals surface area contributed by atoms with E-state index >= 15 is 0 Å². The molecule has 1 aromatic carbocycles. The quantitative estimate of drug-likeness (QED) is 0.485. The van der Waals surface area contributed by atoms with E-state index in [1.165, 1.54) is 18.2 Å².